The number of nitrogens with zero attached hydrogens (tertiary/aromatic N) is 1. The molecule has 128 valence electrons. The smallest absolute Gasteiger partial charge is 0.222 e. The molecule has 0 aliphatic carbocycles. The molecule has 8 heteroatoms. The fraction of sp³-hybridized carbons (Fsp3) is 0.929. The Balaban J connectivity index is 1.71. The van der Waals surface area contributed by atoms with Gasteiger partial charge in [0.05, 0.1) is 24.9 Å². The van der Waals surface area contributed by atoms with Crippen LogP contribution in [0.25, 0.3) is 0 Å². The molecule has 2 heterocycles. The number of carbonyl (C=O) groups is 1. The average molecular weight is 333 g/mol. The van der Waals surface area contributed by atoms with E-state index in [1.807, 2.05) is 6.92 Å². The van der Waals surface area contributed by atoms with E-state index in [4.69, 9.17) is 4.74 Å². The van der Waals surface area contributed by atoms with Crippen LogP contribution in [0.2, 0.25) is 0 Å². The second-order valence-electron chi connectivity index (χ2n) is 5.96. The van der Waals surface area contributed by atoms with Crippen molar-refractivity contribution >= 4 is 15.9 Å². The van der Waals surface area contributed by atoms with Gasteiger partial charge in [-0.25, -0.2) is 12.7 Å². The molecule has 1 unspecified atom stereocenters. The van der Waals surface area contributed by atoms with Crippen LogP contribution < -0.4 is 10.6 Å². The number of rotatable bonds is 6. The molecule has 0 bridgehead atoms. The molecule has 2 N–H and O–H groups in total. The maximum Gasteiger partial charge on any atom is 0.222 e. The zero-order valence-corrected chi connectivity index (χ0v) is 14.0. The molecule has 2 aliphatic heterocycles. The van der Waals surface area contributed by atoms with Crippen molar-refractivity contribution in [2.45, 2.75) is 44.8 Å². The van der Waals surface area contributed by atoms with Crippen molar-refractivity contribution in [3.8, 4) is 0 Å². The van der Waals surface area contributed by atoms with Crippen LogP contribution in [0.5, 0.6) is 0 Å². The molecule has 1 atom stereocenters. The Labute approximate surface area is 132 Å². The van der Waals surface area contributed by atoms with Gasteiger partial charge in [0, 0.05) is 32.2 Å². The minimum atomic E-state index is -3.12. The monoisotopic (exact) mass is 333 g/mol. The molecule has 22 heavy (non-hydrogen) atoms. The maximum atomic E-state index is 12.0. The van der Waals surface area contributed by atoms with Crippen LogP contribution in [0.4, 0.5) is 0 Å². The highest BCUT2D eigenvalue weighted by molar-refractivity contribution is 7.89. The highest BCUT2D eigenvalue weighted by Crippen LogP contribution is 2.15. The van der Waals surface area contributed by atoms with Gasteiger partial charge in [-0.1, -0.05) is 6.92 Å². The van der Waals surface area contributed by atoms with E-state index in [0.29, 0.717) is 51.9 Å². The van der Waals surface area contributed by atoms with Gasteiger partial charge >= 0.3 is 0 Å². The first-order valence-electron chi connectivity index (χ1n) is 8.10. The quantitative estimate of drug-likeness (QED) is 0.696. The summed E-state index contributed by atoms with van der Waals surface area (Å²) in [5.74, 6) is 0.194. The number of amides is 1. The van der Waals surface area contributed by atoms with Crippen molar-refractivity contribution in [1.82, 2.24) is 14.9 Å². The van der Waals surface area contributed by atoms with Crippen molar-refractivity contribution in [2.75, 3.05) is 38.5 Å². The van der Waals surface area contributed by atoms with Crippen LogP contribution in [0.3, 0.4) is 0 Å². The second-order valence-corrected chi connectivity index (χ2v) is 8.05. The molecule has 0 saturated carbocycles. The number of carbonyl (C=O) groups excluding carboxylic acids is 1. The highest BCUT2D eigenvalue weighted by Gasteiger charge is 2.28. The van der Waals surface area contributed by atoms with Crippen molar-refractivity contribution in [2.24, 2.45) is 0 Å². The van der Waals surface area contributed by atoms with Crippen LogP contribution in [0, 0.1) is 0 Å². The summed E-state index contributed by atoms with van der Waals surface area (Å²) in [5, 5.41) is 6.20. The van der Waals surface area contributed by atoms with E-state index in [9.17, 15) is 13.2 Å². The van der Waals surface area contributed by atoms with E-state index in [-0.39, 0.29) is 23.8 Å². The van der Waals surface area contributed by atoms with E-state index in [1.54, 1.807) is 4.31 Å². The van der Waals surface area contributed by atoms with Crippen molar-refractivity contribution in [3.05, 3.63) is 0 Å². The van der Waals surface area contributed by atoms with Gasteiger partial charge in [0.15, 0.2) is 0 Å². The minimum Gasteiger partial charge on any atom is -0.375 e. The lowest BCUT2D eigenvalue weighted by atomic mass is 10.1. The van der Waals surface area contributed by atoms with E-state index in [1.165, 1.54) is 0 Å². The topological polar surface area (TPSA) is 87.7 Å². The third-order valence-corrected chi connectivity index (χ3v) is 6.17. The minimum absolute atomic E-state index is 0.0106. The molecule has 0 aromatic carbocycles. The van der Waals surface area contributed by atoms with Crippen LogP contribution in [-0.4, -0.2) is 69.3 Å². The summed E-state index contributed by atoms with van der Waals surface area (Å²) >= 11 is 0. The van der Waals surface area contributed by atoms with Crippen LogP contribution in [0.15, 0.2) is 0 Å². The Morgan fingerprint density at radius 3 is 2.68 bits per heavy atom. The lowest BCUT2D eigenvalue weighted by molar-refractivity contribution is -0.125. The number of hydrogen-bond acceptors (Lipinski definition) is 5. The van der Waals surface area contributed by atoms with Gasteiger partial charge < -0.3 is 15.4 Å². The number of ether oxygens (including phenoxy) is 1. The Bertz CT molecular complexity index is 455. The standard InChI is InChI=1S/C14H27N3O4S/c1-2-9-22(19,20)17-6-3-12(4-7-17)16-14(18)10-13-11-15-5-8-21-13/h12-13,15H,2-11H2,1H3,(H,16,18). The summed E-state index contributed by atoms with van der Waals surface area (Å²) in [6, 6.07) is 0.0668. The molecule has 0 aromatic heterocycles. The lowest BCUT2D eigenvalue weighted by Crippen LogP contribution is -2.48. The van der Waals surface area contributed by atoms with Gasteiger partial charge in [0.2, 0.25) is 15.9 Å². The van der Waals surface area contributed by atoms with E-state index < -0.39 is 10.0 Å². The normalized spacial score (nSPS) is 25.0. The molecule has 0 radical (unpaired) electrons. The van der Waals surface area contributed by atoms with Gasteiger partial charge in [-0.2, -0.15) is 0 Å². The van der Waals surface area contributed by atoms with E-state index >= 15 is 0 Å². The molecule has 0 spiro atoms. The third-order valence-electron chi connectivity index (χ3n) is 4.09. The zero-order chi connectivity index (χ0) is 16.0. The largest absolute Gasteiger partial charge is 0.375 e. The molecule has 1 amide bonds. The second kappa shape index (κ2) is 8.24. The van der Waals surface area contributed by atoms with Crippen molar-refractivity contribution < 1.29 is 17.9 Å². The Kier molecular flexibility index (Phi) is 6.61. The van der Waals surface area contributed by atoms with Gasteiger partial charge in [0.25, 0.3) is 0 Å². The predicted octanol–water partition coefficient (Wildman–Crippen LogP) is -0.315. The molecular weight excluding hydrogens is 306 g/mol. The fourth-order valence-corrected chi connectivity index (χ4v) is 4.45. The molecule has 0 aromatic rings. The third kappa shape index (κ3) is 5.19. The maximum absolute atomic E-state index is 12.0. The summed E-state index contributed by atoms with van der Waals surface area (Å²) in [5.41, 5.74) is 0. The lowest BCUT2D eigenvalue weighted by Gasteiger charge is -2.32. The van der Waals surface area contributed by atoms with Crippen molar-refractivity contribution in [1.29, 1.82) is 0 Å². The average Bonchev–Trinajstić information content (AvgIpc) is 2.48. The Hall–Kier alpha value is -0.700. The van der Waals surface area contributed by atoms with Gasteiger partial charge in [-0.3, -0.25) is 4.79 Å². The number of hydrogen-bond donors (Lipinski definition) is 2. The zero-order valence-electron chi connectivity index (χ0n) is 13.2. The van der Waals surface area contributed by atoms with Crippen molar-refractivity contribution in [3.63, 3.8) is 0 Å². The summed E-state index contributed by atoms with van der Waals surface area (Å²) < 4.78 is 31.0. The molecule has 2 aliphatic rings. The Morgan fingerprint density at radius 1 is 1.36 bits per heavy atom. The SMILES string of the molecule is CCCS(=O)(=O)N1CCC(NC(=O)CC2CNCCO2)CC1. The molecule has 2 fully saturated rings. The molecular formula is C14H27N3O4S. The van der Waals surface area contributed by atoms with Crippen LogP contribution >= 0.6 is 0 Å². The first kappa shape index (κ1) is 17.7. The number of piperidine rings is 1. The summed E-state index contributed by atoms with van der Waals surface area (Å²) in [7, 11) is -3.12. The molecule has 2 saturated heterocycles. The number of sulfonamides is 1. The van der Waals surface area contributed by atoms with Crippen LogP contribution in [0.1, 0.15) is 32.6 Å². The van der Waals surface area contributed by atoms with E-state index in [2.05, 4.69) is 10.6 Å². The molecule has 7 nitrogen and oxygen atoms in total. The van der Waals surface area contributed by atoms with Gasteiger partial charge in [0.1, 0.15) is 0 Å². The first-order valence-corrected chi connectivity index (χ1v) is 9.71. The summed E-state index contributed by atoms with van der Waals surface area (Å²) in [4.78, 5) is 12.0. The van der Waals surface area contributed by atoms with Gasteiger partial charge in [-0.05, 0) is 19.3 Å². The van der Waals surface area contributed by atoms with Crippen LogP contribution in [-0.2, 0) is 19.6 Å². The number of morpholine rings is 1. The Morgan fingerprint density at radius 2 is 2.09 bits per heavy atom. The number of nitrogens with one attached hydrogen (secondary N) is 2. The van der Waals surface area contributed by atoms with E-state index in [0.717, 1.165) is 6.54 Å². The predicted molar refractivity (Wildman–Crippen MR) is 84.0 cm³/mol. The first-order chi connectivity index (χ1) is 10.5. The summed E-state index contributed by atoms with van der Waals surface area (Å²) in [6.45, 7) is 5.05. The van der Waals surface area contributed by atoms with Gasteiger partial charge in [-0.15, -0.1) is 0 Å². The summed E-state index contributed by atoms with van der Waals surface area (Å²) in [6.07, 6.45) is 2.30. The highest BCUT2D eigenvalue weighted by atomic mass is 32.2. The molecule has 2 rings (SSSR count). The fourth-order valence-electron chi connectivity index (χ4n) is 2.91.